The SMILES string of the molecule is Cc1ccc(N)cc1C(O)C(O)CC(=O)O. The maximum absolute atomic E-state index is 10.4. The maximum atomic E-state index is 10.4. The van der Waals surface area contributed by atoms with Crippen LogP contribution in [0, 0.1) is 6.92 Å². The zero-order valence-electron chi connectivity index (χ0n) is 8.92. The van der Waals surface area contributed by atoms with E-state index in [1.54, 1.807) is 19.1 Å². The summed E-state index contributed by atoms with van der Waals surface area (Å²) in [7, 11) is 0. The highest BCUT2D eigenvalue weighted by Gasteiger charge is 2.22. The molecule has 5 nitrogen and oxygen atoms in total. The van der Waals surface area contributed by atoms with E-state index in [4.69, 9.17) is 10.8 Å². The second-order valence-electron chi connectivity index (χ2n) is 3.73. The fourth-order valence-corrected chi connectivity index (χ4v) is 1.48. The van der Waals surface area contributed by atoms with Crippen molar-refractivity contribution in [2.24, 2.45) is 0 Å². The Kier molecular flexibility index (Phi) is 3.87. The smallest absolute Gasteiger partial charge is 0.306 e. The average molecular weight is 225 g/mol. The molecule has 0 saturated carbocycles. The van der Waals surface area contributed by atoms with Gasteiger partial charge in [-0.05, 0) is 30.2 Å². The molecule has 88 valence electrons. The molecule has 5 N–H and O–H groups in total. The van der Waals surface area contributed by atoms with Gasteiger partial charge in [0, 0.05) is 5.69 Å². The molecule has 0 heterocycles. The van der Waals surface area contributed by atoms with Crippen molar-refractivity contribution in [3.8, 4) is 0 Å². The molecule has 0 radical (unpaired) electrons. The number of aliphatic hydroxyl groups excluding tert-OH is 2. The van der Waals surface area contributed by atoms with Crippen LogP contribution in [0.15, 0.2) is 18.2 Å². The maximum Gasteiger partial charge on any atom is 0.306 e. The minimum absolute atomic E-state index is 0.453. The summed E-state index contributed by atoms with van der Waals surface area (Å²) in [6, 6.07) is 4.92. The van der Waals surface area contributed by atoms with Crippen LogP contribution in [0.1, 0.15) is 23.7 Å². The largest absolute Gasteiger partial charge is 0.481 e. The van der Waals surface area contributed by atoms with Gasteiger partial charge < -0.3 is 21.1 Å². The van der Waals surface area contributed by atoms with Crippen LogP contribution in [-0.4, -0.2) is 27.4 Å². The molecular formula is C11H15NO4. The number of carbonyl (C=O) groups is 1. The summed E-state index contributed by atoms with van der Waals surface area (Å²) in [5, 5.41) is 27.8. The number of benzene rings is 1. The van der Waals surface area contributed by atoms with Crippen LogP contribution in [0.4, 0.5) is 5.69 Å². The Hall–Kier alpha value is -1.59. The summed E-state index contributed by atoms with van der Waals surface area (Å²) >= 11 is 0. The lowest BCUT2D eigenvalue weighted by atomic mass is 9.97. The molecule has 0 aliphatic rings. The number of aryl methyl sites for hydroxylation is 1. The van der Waals surface area contributed by atoms with Crippen LogP contribution in [0.2, 0.25) is 0 Å². The third-order valence-electron chi connectivity index (χ3n) is 2.37. The summed E-state index contributed by atoms with van der Waals surface area (Å²) in [6.45, 7) is 1.76. The van der Waals surface area contributed by atoms with Crippen molar-refractivity contribution < 1.29 is 20.1 Å². The van der Waals surface area contributed by atoms with Crippen molar-refractivity contribution in [2.75, 3.05) is 5.73 Å². The van der Waals surface area contributed by atoms with Gasteiger partial charge in [-0.3, -0.25) is 4.79 Å². The van der Waals surface area contributed by atoms with Crippen molar-refractivity contribution in [3.05, 3.63) is 29.3 Å². The highest BCUT2D eigenvalue weighted by atomic mass is 16.4. The molecule has 5 heteroatoms. The molecule has 0 bridgehead atoms. The summed E-state index contributed by atoms with van der Waals surface area (Å²) in [5.74, 6) is -1.16. The lowest BCUT2D eigenvalue weighted by Crippen LogP contribution is -2.22. The van der Waals surface area contributed by atoms with E-state index in [1.807, 2.05) is 0 Å². The Labute approximate surface area is 93.1 Å². The molecule has 0 amide bonds. The zero-order chi connectivity index (χ0) is 12.3. The first-order valence-corrected chi connectivity index (χ1v) is 4.85. The van der Waals surface area contributed by atoms with Crippen LogP contribution in [0.3, 0.4) is 0 Å². The van der Waals surface area contributed by atoms with E-state index in [2.05, 4.69) is 0 Å². The van der Waals surface area contributed by atoms with Gasteiger partial charge >= 0.3 is 5.97 Å². The number of aliphatic carboxylic acids is 1. The van der Waals surface area contributed by atoms with E-state index in [0.29, 0.717) is 11.3 Å². The van der Waals surface area contributed by atoms with Crippen molar-refractivity contribution in [1.82, 2.24) is 0 Å². The van der Waals surface area contributed by atoms with Gasteiger partial charge in [-0.15, -0.1) is 0 Å². The molecule has 0 aliphatic heterocycles. The molecule has 1 aromatic rings. The number of carboxylic acid groups (broad SMARTS) is 1. The van der Waals surface area contributed by atoms with Crippen LogP contribution < -0.4 is 5.73 Å². The fraction of sp³-hybridized carbons (Fsp3) is 0.364. The molecule has 1 aromatic carbocycles. The third-order valence-corrected chi connectivity index (χ3v) is 2.37. The Morgan fingerprint density at radius 3 is 2.62 bits per heavy atom. The van der Waals surface area contributed by atoms with Gasteiger partial charge in [0.1, 0.15) is 6.10 Å². The minimum Gasteiger partial charge on any atom is -0.481 e. The normalized spacial score (nSPS) is 14.4. The van der Waals surface area contributed by atoms with E-state index < -0.39 is 24.6 Å². The van der Waals surface area contributed by atoms with E-state index >= 15 is 0 Å². The van der Waals surface area contributed by atoms with Gasteiger partial charge in [-0.25, -0.2) is 0 Å². The number of anilines is 1. The van der Waals surface area contributed by atoms with E-state index in [0.717, 1.165) is 5.56 Å². The molecule has 16 heavy (non-hydrogen) atoms. The molecule has 0 aliphatic carbocycles. The number of aliphatic hydroxyl groups is 2. The van der Waals surface area contributed by atoms with Crippen molar-refractivity contribution in [2.45, 2.75) is 25.6 Å². The third kappa shape index (κ3) is 2.95. The van der Waals surface area contributed by atoms with Crippen molar-refractivity contribution >= 4 is 11.7 Å². The van der Waals surface area contributed by atoms with Gasteiger partial charge in [0.2, 0.25) is 0 Å². The quantitative estimate of drug-likeness (QED) is 0.557. The van der Waals surface area contributed by atoms with Gasteiger partial charge in [0.15, 0.2) is 0 Å². The summed E-state index contributed by atoms with van der Waals surface area (Å²) < 4.78 is 0. The second-order valence-corrected chi connectivity index (χ2v) is 3.73. The highest BCUT2D eigenvalue weighted by Crippen LogP contribution is 2.24. The van der Waals surface area contributed by atoms with E-state index in [-0.39, 0.29) is 0 Å². The number of nitrogen functional groups attached to an aromatic ring is 1. The molecule has 1 rings (SSSR count). The molecule has 0 saturated heterocycles. The molecule has 2 unspecified atom stereocenters. The van der Waals surface area contributed by atoms with Gasteiger partial charge in [-0.1, -0.05) is 6.07 Å². The highest BCUT2D eigenvalue weighted by molar-refractivity contribution is 5.67. The summed E-state index contributed by atoms with van der Waals surface area (Å²) in [5.41, 5.74) is 7.23. The molecule has 0 fully saturated rings. The first kappa shape index (κ1) is 12.5. The molecular weight excluding hydrogens is 210 g/mol. The van der Waals surface area contributed by atoms with Crippen LogP contribution in [0.25, 0.3) is 0 Å². The van der Waals surface area contributed by atoms with Crippen LogP contribution >= 0.6 is 0 Å². The van der Waals surface area contributed by atoms with Gasteiger partial charge in [0.05, 0.1) is 12.5 Å². The van der Waals surface area contributed by atoms with Crippen LogP contribution in [0.5, 0.6) is 0 Å². The first-order valence-electron chi connectivity index (χ1n) is 4.85. The molecule has 0 aromatic heterocycles. The summed E-state index contributed by atoms with van der Waals surface area (Å²) in [6.07, 6.45) is -3.08. The average Bonchev–Trinajstić information content (AvgIpc) is 2.19. The van der Waals surface area contributed by atoms with E-state index in [9.17, 15) is 15.0 Å². The second kappa shape index (κ2) is 4.96. The Bertz CT molecular complexity index is 392. The number of carboxylic acids is 1. The molecule has 2 atom stereocenters. The summed E-state index contributed by atoms with van der Waals surface area (Å²) in [4.78, 5) is 10.4. The number of rotatable bonds is 4. The molecule has 0 spiro atoms. The lowest BCUT2D eigenvalue weighted by molar-refractivity contribution is -0.141. The number of hydrogen-bond donors (Lipinski definition) is 4. The van der Waals surface area contributed by atoms with E-state index in [1.165, 1.54) is 6.07 Å². The number of nitrogens with two attached hydrogens (primary N) is 1. The Morgan fingerprint density at radius 2 is 2.06 bits per heavy atom. The lowest BCUT2D eigenvalue weighted by Gasteiger charge is -2.18. The monoisotopic (exact) mass is 225 g/mol. The first-order chi connectivity index (χ1) is 7.41. The van der Waals surface area contributed by atoms with Crippen LogP contribution in [-0.2, 0) is 4.79 Å². The zero-order valence-corrected chi connectivity index (χ0v) is 8.92. The predicted molar refractivity (Wildman–Crippen MR) is 58.8 cm³/mol. The fourth-order valence-electron chi connectivity index (χ4n) is 1.48. The van der Waals surface area contributed by atoms with Gasteiger partial charge in [-0.2, -0.15) is 0 Å². The Morgan fingerprint density at radius 1 is 1.44 bits per heavy atom. The topological polar surface area (TPSA) is 104 Å². The predicted octanol–water partition coefficient (Wildman–Crippen LogP) is 0.446. The van der Waals surface area contributed by atoms with Crippen molar-refractivity contribution in [1.29, 1.82) is 0 Å². The standard InChI is InChI=1S/C11H15NO4/c1-6-2-3-7(12)4-8(6)11(16)9(13)5-10(14)15/h2-4,9,11,13,16H,5,12H2,1H3,(H,14,15). The number of hydrogen-bond acceptors (Lipinski definition) is 4. The Balaban J connectivity index is 2.90. The van der Waals surface area contributed by atoms with Crippen molar-refractivity contribution in [3.63, 3.8) is 0 Å². The van der Waals surface area contributed by atoms with Gasteiger partial charge in [0.25, 0.3) is 0 Å². The minimum atomic E-state index is -1.34.